The lowest BCUT2D eigenvalue weighted by molar-refractivity contribution is 0.240. The molecular weight excluding hydrogens is 521 g/mol. The molecule has 0 saturated carbocycles. The van der Waals surface area contributed by atoms with Crippen LogP contribution in [0.3, 0.4) is 0 Å². The third kappa shape index (κ3) is 5.39. The van der Waals surface area contributed by atoms with E-state index in [4.69, 9.17) is 27.9 Å². The van der Waals surface area contributed by atoms with Gasteiger partial charge in [0.2, 0.25) is 5.88 Å². The average molecular weight is 546 g/mol. The van der Waals surface area contributed by atoms with Crippen LogP contribution in [-0.4, -0.2) is 40.7 Å². The third-order valence-electron chi connectivity index (χ3n) is 6.64. The van der Waals surface area contributed by atoms with Crippen molar-refractivity contribution in [3.63, 3.8) is 0 Å². The summed E-state index contributed by atoms with van der Waals surface area (Å²) >= 11 is 12.3. The lowest BCUT2D eigenvalue weighted by atomic mass is 10.0. The first-order valence-electron chi connectivity index (χ1n) is 12.1. The minimum Gasteiger partial charge on any atom is -0.481 e. The first-order valence-corrected chi connectivity index (χ1v) is 12.9. The Balaban J connectivity index is 1.39. The molecule has 0 aliphatic carbocycles. The summed E-state index contributed by atoms with van der Waals surface area (Å²) in [6.45, 7) is 2.52. The number of hydrogen-bond acceptors (Lipinski definition) is 5. The van der Waals surface area contributed by atoms with Gasteiger partial charge in [0.05, 0.1) is 24.3 Å². The fourth-order valence-corrected chi connectivity index (χ4v) is 5.24. The predicted molar refractivity (Wildman–Crippen MR) is 150 cm³/mol. The molecule has 7 nitrogen and oxygen atoms in total. The molecule has 0 spiro atoms. The molecule has 192 valence electrons. The van der Waals surface area contributed by atoms with Crippen LogP contribution in [0.15, 0.2) is 60.8 Å². The second-order valence-electron chi connectivity index (χ2n) is 9.02. The predicted octanol–water partition coefficient (Wildman–Crippen LogP) is 6.05. The van der Waals surface area contributed by atoms with Crippen LogP contribution in [0, 0.1) is 11.3 Å². The fourth-order valence-electron chi connectivity index (χ4n) is 4.77. The highest BCUT2D eigenvalue weighted by Gasteiger charge is 2.26. The number of benzene rings is 2. The molecule has 4 aromatic rings. The van der Waals surface area contributed by atoms with Gasteiger partial charge in [-0.15, -0.1) is 0 Å². The molecule has 2 aromatic heterocycles. The van der Waals surface area contributed by atoms with Crippen molar-refractivity contribution >= 4 is 46.2 Å². The Hall–Kier alpha value is -3.83. The molecule has 0 saturated heterocycles. The van der Waals surface area contributed by atoms with Gasteiger partial charge in [0.15, 0.2) is 0 Å². The molecule has 2 aromatic carbocycles. The molecule has 5 rings (SSSR count). The summed E-state index contributed by atoms with van der Waals surface area (Å²) in [5.74, 6) is 0.497. The normalized spacial score (nSPS) is 13.4. The smallest absolute Gasteiger partial charge is 0.326 e. The topological polar surface area (TPSA) is 83.2 Å². The Morgan fingerprint density at radius 1 is 1.21 bits per heavy atom. The number of rotatable bonds is 6. The molecule has 9 heteroatoms. The van der Waals surface area contributed by atoms with Crippen molar-refractivity contribution in [2.75, 3.05) is 20.2 Å². The Labute approximate surface area is 230 Å². The summed E-state index contributed by atoms with van der Waals surface area (Å²) in [6.07, 6.45) is 6.43. The van der Waals surface area contributed by atoms with E-state index in [1.165, 1.54) is 0 Å². The molecule has 0 atom stereocenters. The van der Waals surface area contributed by atoms with Crippen molar-refractivity contribution in [2.24, 2.45) is 0 Å². The van der Waals surface area contributed by atoms with E-state index in [1.54, 1.807) is 36.1 Å². The van der Waals surface area contributed by atoms with Crippen LogP contribution >= 0.6 is 23.2 Å². The van der Waals surface area contributed by atoms with E-state index < -0.39 is 0 Å². The lowest BCUT2D eigenvalue weighted by Crippen LogP contribution is -2.34. The number of nitrogens with zero attached hydrogens (tertiary/aromatic N) is 4. The van der Waals surface area contributed by atoms with Gasteiger partial charge in [0, 0.05) is 66.0 Å². The second-order valence-corrected chi connectivity index (χ2v) is 9.87. The van der Waals surface area contributed by atoms with Crippen LogP contribution in [0.5, 0.6) is 5.88 Å². The van der Waals surface area contributed by atoms with Gasteiger partial charge in [0.1, 0.15) is 0 Å². The molecule has 1 amide bonds. The van der Waals surface area contributed by atoms with Gasteiger partial charge in [0.25, 0.3) is 0 Å². The fraction of sp³-hybridized carbons (Fsp3) is 0.207. The molecule has 0 bridgehead atoms. The monoisotopic (exact) mass is 545 g/mol. The van der Waals surface area contributed by atoms with Crippen LogP contribution < -0.4 is 10.1 Å². The summed E-state index contributed by atoms with van der Waals surface area (Å²) in [4.78, 5) is 19.9. The molecule has 0 radical (unpaired) electrons. The molecule has 1 N–H and O–H groups in total. The zero-order valence-electron chi connectivity index (χ0n) is 20.7. The van der Waals surface area contributed by atoms with E-state index in [0.29, 0.717) is 41.0 Å². The Bertz CT molecular complexity index is 1590. The largest absolute Gasteiger partial charge is 0.481 e. The number of halogens is 2. The summed E-state index contributed by atoms with van der Waals surface area (Å²) in [6, 6.07) is 16.6. The van der Waals surface area contributed by atoms with Crippen LogP contribution in [0.2, 0.25) is 10.0 Å². The molecular formula is C29H25Cl2N5O2. The Morgan fingerprint density at radius 2 is 2.08 bits per heavy atom. The first-order chi connectivity index (χ1) is 18.5. The number of carbonyl (C=O) groups is 1. The minimum atomic E-state index is -0.206. The highest BCUT2D eigenvalue weighted by Crippen LogP contribution is 2.32. The molecule has 1 aliphatic rings. The number of ether oxygens (including phenoxy) is 1. The van der Waals surface area contributed by atoms with Gasteiger partial charge in [-0.25, -0.2) is 9.78 Å². The maximum absolute atomic E-state index is 13.4. The van der Waals surface area contributed by atoms with E-state index in [9.17, 15) is 10.1 Å². The molecule has 3 heterocycles. The number of methoxy groups -OCH3 is 1. The highest BCUT2D eigenvalue weighted by molar-refractivity contribution is 6.35. The number of hydrogen-bond donors (Lipinski definition) is 1. The van der Waals surface area contributed by atoms with Crippen molar-refractivity contribution in [1.29, 1.82) is 5.26 Å². The van der Waals surface area contributed by atoms with E-state index in [2.05, 4.69) is 27.3 Å². The summed E-state index contributed by atoms with van der Waals surface area (Å²) in [7, 11) is 1.56. The quantitative estimate of drug-likeness (QED) is 0.318. The molecule has 38 heavy (non-hydrogen) atoms. The minimum absolute atomic E-state index is 0.206. The molecule has 0 unspecified atom stereocenters. The zero-order valence-corrected chi connectivity index (χ0v) is 22.3. The average Bonchev–Trinajstić information content (AvgIpc) is 3.26. The van der Waals surface area contributed by atoms with E-state index in [-0.39, 0.29) is 6.03 Å². The second kappa shape index (κ2) is 11.3. The van der Waals surface area contributed by atoms with Gasteiger partial charge in [-0.3, -0.25) is 9.47 Å². The molecule has 1 aliphatic heterocycles. The van der Waals surface area contributed by atoms with Gasteiger partial charge >= 0.3 is 6.03 Å². The molecule has 0 fully saturated rings. The SMILES string of the molecule is COc1cc(CNC(=O)n2c3c(c4cc(C#N)ccc42)CN(C/C=C/c2ccc(Cl)cc2Cl)CC3)ccn1. The van der Waals surface area contributed by atoms with E-state index in [0.717, 1.165) is 46.4 Å². The number of aromatic nitrogens is 2. The summed E-state index contributed by atoms with van der Waals surface area (Å²) in [5, 5.41) is 14.7. The zero-order chi connectivity index (χ0) is 26.6. The Kier molecular flexibility index (Phi) is 7.66. The van der Waals surface area contributed by atoms with E-state index >= 15 is 0 Å². The van der Waals surface area contributed by atoms with Gasteiger partial charge in [-0.05, 0) is 53.1 Å². The van der Waals surface area contributed by atoms with E-state index in [1.807, 2.05) is 36.4 Å². The first kappa shape index (κ1) is 25.8. The number of amides is 1. The van der Waals surface area contributed by atoms with Crippen molar-refractivity contribution in [3.05, 3.63) is 98.8 Å². The van der Waals surface area contributed by atoms with Crippen LogP contribution in [-0.2, 0) is 19.5 Å². The van der Waals surface area contributed by atoms with Crippen molar-refractivity contribution in [1.82, 2.24) is 19.8 Å². The number of nitrogens with one attached hydrogen (secondary N) is 1. The standard InChI is InChI=1S/C29H25Cl2N5O2/c1-38-28-14-20(8-10-33-28)17-34-29(37)36-26-7-4-19(16-32)13-23(26)24-18-35(12-9-27(24)36)11-2-3-21-5-6-22(30)15-25(21)31/h2-8,10,13-15H,9,11-12,17-18H2,1H3,(H,34,37)/b3-2+. The van der Waals surface area contributed by atoms with Gasteiger partial charge in [-0.1, -0.05) is 41.4 Å². The van der Waals surface area contributed by atoms with Crippen molar-refractivity contribution < 1.29 is 9.53 Å². The number of fused-ring (bicyclic) bond motifs is 3. The summed E-state index contributed by atoms with van der Waals surface area (Å²) in [5.41, 5.74) is 5.21. The maximum atomic E-state index is 13.4. The van der Waals surface area contributed by atoms with Crippen molar-refractivity contribution in [2.45, 2.75) is 19.5 Å². The van der Waals surface area contributed by atoms with Crippen molar-refractivity contribution in [3.8, 4) is 11.9 Å². The number of pyridine rings is 1. The highest BCUT2D eigenvalue weighted by atomic mass is 35.5. The third-order valence-corrected chi connectivity index (χ3v) is 7.20. The van der Waals surface area contributed by atoms with Gasteiger partial charge in [-0.2, -0.15) is 5.26 Å². The van der Waals surface area contributed by atoms with Crippen LogP contribution in [0.25, 0.3) is 17.0 Å². The van der Waals surface area contributed by atoms with Crippen LogP contribution in [0.4, 0.5) is 4.79 Å². The number of nitriles is 1. The maximum Gasteiger partial charge on any atom is 0.326 e. The van der Waals surface area contributed by atoms with Gasteiger partial charge < -0.3 is 10.1 Å². The number of carbonyl (C=O) groups excluding carboxylic acids is 1. The summed E-state index contributed by atoms with van der Waals surface area (Å²) < 4.78 is 6.94. The Morgan fingerprint density at radius 3 is 2.87 bits per heavy atom. The van der Waals surface area contributed by atoms with Crippen LogP contribution in [0.1, 0.15) is 27.9 Å². The lowest BCUT2D eigenvalue weighted by Gasteiger charge is -2.27.